The molecule has 0 aliphatic heterocycles. The van der Waals surface area contributed by atoms with E-state index in [-0.39, 0.29) is 11.6 Å². The molecule has 0 unspecified atom stereocenters. The summed E-state index contributed by atoms with van der Waals surface area (Å²) in [4.78, 5) is 10.9. The summed E-state index contributed by atoms with van der Waals surface area (Å²) in [6.07, 6.45) is 1.07. The molecular weight excluding hydrogens is 228 g/mol. The van der Waals surface area contributed by atoms with E-state index in [1.54, 1.807) is 18.2 Å². The average Bonchev–Trinajstić information content (AvgIpc) is 2.30. The summed E-state index contributed by atoms with van der Waals surface area (Å²) in [6.45, 7) is 3.08. The van der Waals surface area contributed by atoms with Gasteiger partial charge in [0.15, 0.2) is 0 Å². The molecule has 2 N–H and O–H groups in total. The third-order valence-corrected chi connectivity index (χ3v) is 3.18. The van der Waals surface area contributed by atoms with Gasteiger partial charge in [-0.25, -0.2) is 8.42 Å². The molecule has 1 aromatic rings. The minimum absolute atomic E-state index is 0.155. The van der Waals surface area contributed by atoms with Crippen molar-refractivity contribution in [1.82, 2.24) is 10.0 Å². The van der Waals surface area contributed by atoms with Gasteiger partial charge in [-0.15, -0.1) is 0 Å². The average molecular weight is 240 g/mol. The van der Waals surface area contributed by atoms with Gasteiger partial charge in [0, 0.05) is 0 Å². The van der Waals surface area contributed by atoms with Gasteiger partial charge in [0.05, 0.1) is 11.6 Å². The van der Waals surface area contributed by atoms with E-state index in [1.807, 2.05) is 0 Å². The molecule has 0 saturated heterocycles. The zero-order chi connectivity index (χ0) is 12.0. The Morgan fingerprint density at radius 2 is 1.94 bits per heavy atom. The number of nitrogens with one attached hydrogen (secondary N) is 2. The molecule has 0 aliphatic rings. The fourth-order valence-electron chi connectivity index (χ4n) is 0.973. The van der Waals surface area contributed by atoms with Gasteiger partial charge in [-0.05, 0) is 18.2 Å². The Hall–Kier alpha value is -1.66. The molecule has 0 aromatic heterocycles. The lowest BCUT2D eigenvalue weighted by Crippen LogP contribution is -2.36. The SMILES string of the molecule is C=CC(=O)NCNS(=O)(=O)c1ccccc1. The van der Waals surface area contributed by atoms with Crippen molar-refractivity contribution in [2.24, 2.45) is 0 Å². The van der Waals surface area contributed by atoms with Gasteiger partial charge in [-0.2, -0.15) is 4.72 Å². The maximum Gasteiger partial charge on any atom is 0.244 e. The summed E-state index contributed by atoms with van der Waals surface area (Å²) in [6, 6.07) is 7.90. The highest BCUT2D eigenvalue weighted by molar-refractivity contribution is 7.89. The molecule has 1 aromatic carbocycles. The first-order valence-corrected chi connectivity index (χ1v) is 5.99. The monoisotopic (exact) mass is 240 g/mol. The van der Waals surface area contributed by atoms with Crippen LogP contribution in [-0.2, 0) is 14.8 Å². The van der Waals surface area contributed by atoms with Crippen LogP contribution in [0, 0.1) is 0 Å². The van der Waals surface area contributed by atoms with Gasteiger partial charge in [0.1, 0.15) is 0 Å². The Morgan fingerprint density at radius 3 is 2.50 bits per heavy atom. The highest BCUT2D eigenvalue weighted by atomic mass is 32.2. The van der Waals surface area contributed by atoms with Crippen LogP contribution < -0.4 is 10.0 Å². The van der Waals surface area contributed by atoms with Crippen molar-refractivity contribution in [2.45, 2.75) is 4.90 Å². The normalized spacial score (nSPS) is 10.8. The third-order valence-electron chi connectivity index (χ3n) is 1.76. The molecule has 0 radical (unpaired) electrons. The lowest BCUT2D eigenvalue weighted by molar-refractivity contribution is -0.116. The van der Waals surface area contributed by atoms with Crippen molar-refractivity contribution in [1.29, 1.82) is 0 Å². The first-order valence-electron chi connectivity index (χ1n) is 4.51. The standard InChI is InChI=1S/C10H12N2O3S/c1-2-10(13)11-8-12-16(14,15)9-6-4-3-5-7-9/h2-7,12H,1,8H2,(H,11,13). The van der Waals surface area contributed by atoms with Crippen molar-refractivity contribution >= 4 is 15.9 Å². The summed E-state index contributed by atoms with van der Waals surface area (Å²) in [5.41, 5.74) is 0. The molecule has 0 saturated carbocycles. The van der Waals surface area contributed by atoms with Crippen LogP contribution in [0.1, 0.15) is 0 Å². The van der Waals surface area contributed by atoms with Crippen molar-refractivity contribution in [3.63, 3.8) is 0 Å². The van der Waals surface area contributed by atoms with E-state index >= 15 is 0 Å². The lowest BCUT2D eigenvalue weighted by atomic mass is 10.4. The van der Waals surface area contributed by atoms with Crippen LogP contribution in [0.4, 0.5) is 0 Å². The Bertz CT molecular complexity index is 468. The van der Waals surface area contributed by atoms with Crippen molar-refractivity contribution in [2.75, 3.05) is 6.67 Å². The fraction of sp³-hybridized carbons (Fsp3) is 0.100. The number of benzene rings is 1. The second-order valence-corrected chi connectivity index (χ2v) is 4.65. The number of carbonyl (C=O) groups excluding carboxylic acids is 1. The minimum Gasteiger partial charge on any atom is -0.339 e. The fourth-order valence-corrected chi connectivity index (χ4v) is 1.92. The van der Waals surface area contributed by atoms with E-state index in [9.17, 15) is 13.2 Å². The van der Waals surface area contributed by atoms with Crippen molar-refractivity contribution in [3.8, 4) is 0 Å². The van der Waals surface area contributed by atoms with Crippen LogP contribution >= 0.6 is 0 Å². The molecular formula is C10H12N2O3S. The van der Waals surface area contributed by atoms with Crippen LogP contribution in [0.2, 0.25) is 0 Å². The first-order chi connectivity index (χ1) is 7.56. The van der Waals surface area contributed by atoms with E-state index in [4.69, 9.17) is 0 Å². The van der Waals surface area contributed by atoms with E-state index in [0.29, 0.717) is 0 Å². The summed E-state index contributed by atoms with van der Waals surface area (Å²) in [5, 5.41) is 2.31. The molecule has 16 heavy (non-hydrogen) atoms. The Balaban J connectivity index is 2.60. The summed E-state index contributed by atoms with van der Waals surface area (Å²) in [5.74, 6) is -0.434. The van der Waals surface area contributed by atoms with Crippen LogP contribution in [-0.4, -0.2) is 21.0 Å². The molecule has 0 aliphatic carbocycles. The summed E-state index contributed by atoms with van der Waals surface area (Å²) in [7, 11) is -3.56. The molecule has 0 heterocycles. The van der Waals surface area contributed by atoms with Gasteiger partial charge in [0.2, 0.25) is 15.9 Å². The first kappa shape index (κ1) is 12.4. The third kappa shape index (κ3) is 3.48. The Kier molecular flexibility index (Phi) is 4.21. The maximum absolute atomic E-state index is 11.6. The van der Waals surface area contributed by atoms with Gasteiger partial charge in [-0.3, -0.25) is 4.79 Å². The van der Waals surface area contributed by atoms with E-state index in [0.717, 1.165) is 6.08 Å². The van der Waals surface area contributed by atoms with E-state index in [2.05, 4.69) is 16.6 Å². The smallest absolute Gasteiger partial charge is 0.244 e. The Morgan fingerprint density at radius 1 is 1.31 bits per heavy atom. The summed E-state index contributed by atoms with van der Waals surface area (Å²) >= 11 is 0. The summed E-state index contributed by atoms with van der Waals surface area (Å²) < 4.78 is 25.5. The predicted molar refractivity (Wildman–Crippen MR) is 60.0 cm³/mol. The number of hydrogen-bond acceptors (Lipinski definition) is 3. The minimum atomic E-state index is -3.56. The zero-order valence-corrected chi connectivity index (χ0v) is 9.33. The number of rotatable bonds is 5. The lowest BCUT2D eigenvalue weighted by Gasteiger charge is -2.06. The topological polar surface area (TPSA) is 75.3 Å². The van der Waals surface area contributed by atoms with Crippen LogP contribution in [0.5, 0.6) is 0 Å². The quantitative estimate of drug-likeness (QED) is 0.571. The second-order valence-electron chi connectivity index (χ2n) is 2.88. The van der Waals surface area contributed by atoms with Gasteiger partial charge < -0.3 is 5.32 Å². The molecule has 6 heteroatoms. The predicted octanol–water partition coefficient (Wildman–Crippen LogP) is 0.225. The number of hydrogen-bond donors (Lipinski definition) is 2. The highest BCUT2D eigenvalue weighted by Crippen LogP contribution is 2.05. The maximum atomic E-state index is 11.6. The molecule has 0 fully saturated rings. The number of carbonyl (C=O) groups is 1. The number of sulfonamides is 1. The van der Waals surface area contributed by atoms with Gasteiger partial charge in [-0.1, -0.05) is 24.8 Å². The largest absolute Gasteiger partial charge is 0.339 e. The molecule has 0 atom stereocenters. The molecule has 0 bridgehead atoms. The Labute approximate surface area is 94.2 Å². The van der Waals surface area contributed by atoms with E-state index < -0.39 is 15.9 Å². The zero-order valence-electron chi connectivity index (χ0n) is 8.51. The highest BCUT2D eigenvalue weighted by Gasteiger charge is 2.11. The van der Waals surface area contributed by atoms with E-state index in [1.165, 1.54) is 12.1 Å². The molecule has 1 rings (SSSR count). The molecule has 0 spiro atoms. The van der Waals surface area contributed by atoms with Crippen LogP contribution in [0.15, 0.2) is 47.9 Å². The van der Waals surface area contributed by atoms with Gasteiger partial charge >= 0.3 is 0 Å². The van der Waals surface area contributed by atoms with Crippen LogP contribution in [0.3, 0.4) is 0 Å². The van der Waals surface area contributed by atoms with Crippen molar-refractivity contribution < 1.29 is 13.2 Å². The molecule has 5 nitrogen and oxygen atoms in total. The molecule has 1 amide bonds. The van der Waals surface area contributed by atoms with Crippen LogP contribution in [0.25, 0.3) is 0 Å². The number of amides is 1. The second kappa shape index (κ2) is 5.43. The molecule has 86 valence electrons. The van der Waals surface area contributed by atoms with Crippen molar-refractivity contribution in [3.05, 3.63) is 43.0 Å². The van der Waals surface area contributed by atoms with Gasteiger partial charge in [0.25, 0.3) is 0 Å².